The largest absolute Gasteiger partial charge is 0.481 e. The van der Waals surface area contributed by atoms with Crippen LogP contribution in [0.4, 0.5) is 0 Å². The van der Waals surface area contributed by atoms with Crippen LogP contribution >= 0.6 is 27.3 Å². The number of halogens is 1. The highest BCUT2D eigenvalue weighted by Crippen LogP contribution is 2.21. The van der Waals surface area contributed by atoms with E-state index in [9.17, 15) is 9.59 Å². The van der Waals surface area contributed by atoms with Crippen molar-refractivity contribution in [1.82, 2.24) is 5.32 Å². The number of amides is 1. The van der Waals surface area contributed by atoms with Gasteiger partial charge in [0.05, 0.1) is 12.5 Å². The van der Waals surface area contributed by atoms with E-state index in [1.165, 1.54) is 4.88 Å². The highest BCUT2D eigenvalue weighted by atomic mass is 79.9. The number of benzene rings is 1. The topological polar surface area (TPSA) is 66.4 Å². The molecule has 0 bridgehead atoms. The predicted molar refractivity (Wildman–Crippen MR) is 94.5 cm³/mol. The molecule has 1 amide bonds. The van der Waals surface area contributed by atoms with Crippen molar-refractivity contribution in [3.8, 4) is 0 Å². The summed E-state index contributed by atoms with van der Waals surface area (Å²) in [6.07, 6.45) is 1.88. The molecule has 1 aromatic heterocycles. The third-order valence-corrected chi connectivity index (χ3v) is 4.80. The molecule has 0 aliphatic heterocycles. The standard InChI is InChI=1S/C17H18BrNO3S/c18-13-5-1-4-12(10-13)15(11-17(21)22)19-16(20)8-2-6-14-7-3-9-23-14/h1,3-5,7,9-10,15H,2,6,8,11H2,(H,19,20)(H,21,22). The van der Waals surface area contributed by atoms with Crippen LogP contribution in [0.1, 0.15) is 35.7 Å². The van der Waals surface area contributed by atoms with Gasteiger partial charge in [-0.1, -0.05) is 34.1 Å². The lowest BCUT2D eigenvalue weighted by molar-refractivity contribution is -0.137. The minimum atomic E-state index is -0.936. The Bertz CT molecular complexity index is 658. The van der Waals surface area contributed by atoms with E-state index in [2.05, 4.69) is 27.3 Å². The Kier molecular flexibility index (Phi) is 6.80. The molecule has 0 fully saturated rings. The van der Waals surface area contributed by atoms with E-state index in [-0.39, 0.29) is 12.3 Å². The second-order valence-corrected chi connectivity index (χ2v) is 7.15. The van der Waals surface area contributed by atoms with Crippen molar-refractivity contribution in [2.24, 2.45) is 0 Å². The first-order valence-corrected chi connectivity index (χ1v) is 9.01. The fraction of sp³-hybridized carbons (Fsp3) is 0.294. The van der Waals surface area contributed by atoms with Gasteiger partial charge in [-0.15, -0.1) is 11.3 Å². The van der Waals surface area contributed by atoms with Gasteiger partial charge in [0.15, 0.2) is 0 Å². The van der Waals surface area contributed by atoms with Gasteiger partial charge in [0, 0.05) is 15.8 Å². The van der Waals surface area contributed by atoms with Crippen molar-refractivity contribution in [2.45, 2.75) is 31.7 Å². The summed E-state index contributed by atoms with van der Waals surface area (Å²) in [6.45, 7) is 0. The number of carbonyl (C=O) groups excluding carboxylic acids is 1. The average Bonchev–Trinajstić information content (AvgIpc) is 2.99. The Labute approximate surface area is 147 Å². The maximum absolute atomic E-state index is 12.1. The molecule has 1 atom stereocenters. The molecule has 0 aliphatic rings. The normalized spacial score (nSPS) is 11.9. The summed E-state index contributed by atoms with van der Waals surface area (Å²) in [7, 11) is 0. The molecule has 2 N–H and O–H groups in total. The second kappa shape index (κ2) is 8.84. The van der Waals surface area contributed by atoms with Crippen LogP contribution in [0.3, 0.4) is 0 Å². The molecule has 2 rings (SSSR count). The van der Waals surface area contributed by atoms with E-state index in [1.54, 1.807) is 11.3 Å². The van der Waals surface area contributed by atoms with Crippen molar-refractivity contribution in [3.63, 3.8) is 0 Å². The molecular formula is C17H18BrNO3S. The Morgan fingerprint density at radius 3 is 2.74 bits per heavy atom. The molecule has 122 valence electrons. The minimum Gasteiger partial charge on any atom is -0.481 e. The Balaban J connectivity index is 1.91. The number of thiophene rings is 1. The molecular weight excluding hydrogens is 378 g/mol. The average molecular weight is 396 g/mol. The number of aliphatic carboxylic acids is 1. The number of hydrogen-bond acceptors (Lipinski definition) is 3. The first kappa shape index (κ1) is 17.7. The molecule has 0 aliphatic carbocycles. The highest BCUT2D eigenvalue weighted by Gasteiger charge is 2.18. The van der Waals surface area contributed by atoms with Gasteiger partial charge in [-0.3, -0.25) is 9.59 Å². The fourth-order valence-corrected chi connectivity index (χ4v) is 3.46. The molecule has 4 nitrogen and oxygen atoms in total. The zero-order valence-corrected chi connectivity index (χ0v) is 14.9. The Hall–Kier alpha value is -1.66. The summed E-state index contributed by atoms with van der Waals surface area (Å²) in [6, 6.07) is 10.9. The van der Waals surface area contributed by atoms with E-state index in [4.69, 9.17) is 5.11 Å². The van der Waals surface area contributed by atoms with E-state index in [0.29, 0.717) is 6.42 Å². The van der Waals surface area contributed by atoms with Gasteiger partial charge in [0.1, 0.15) is 0 Å². The second-order valence-electron chi connectivity index (χ2n) is 5.21. The summed E-state index contributed by atoms with van der Waals surface area (Å²) in [5.74, 6) is -1.05. The van der Waals surface area contributed by atoms with E-state index >= 15 is 0 Å². The molecule has 2 aromatic rings. The molecule has 0 radical (unpaired) electrons. The molecule has 0 saturated carbocycles. The summed E-state index contributed by atoms with van der Waals surface area (Å²) >= 11 is 5.05. The van der Waals surface area contributed by atoms with Crippen LogP contribution in [0.2, 0.25) is 0 Å². The first-order chi connectivity index (χ1) is 11.0. The molecule has 1 heterocycles. The van der Waals surface area contributed by atoms with Gasteiger partial charge >= 0.3 is 5.97 Å². The number of carboxylic acids is 1. The highest BCUT2D eigenvalue weighted by molar-refractivity contribution is 9.10. The zero-order chi connectivity index (χ0) is 16.7. The molecule has 1 unspecified atom stereocenters. The first-order valence-electron chi connectivity index (χ1n) is 7.33. The molecule has 6 heteroatoms. The third-order valence-electron chi connectivity index (χ3n) is 3.37. The maximum Gasteiger partial charge on any atom is 0.305 e. The van der Waals surface area contributed by atoms with Gasteiger partial charge in [-0.25, -0.2) is 0 Å². The van der Waals surface area contributed by atoms with Crippen LogP contribution < -0.4 is 5.32 Å². The summed E-state index contributed by atoms with van der Waals surface area (Å²) in [5, 5.41) is 13.9. The maximum atomic E-state index is 12.1. The lowest BCUT2D eigenvalue weighted by Crippen LogP contribution is -2.30. The van der Waals surface area contributed by atoms with E-state index < -0.39 is 12.0 Å². The van der Waals surface area contributed by atoms with Gasteiger partial charge in [0.2, 0.25) is 5.91 Å². The summed E-state index contributed by atoms with van der Waals surface area (Å²) in [5.41, 5.74) is 0.786. The van der Waals surface area contributed by atoms with E-state index in [0.717, 1.165) is 22.9 Å². The lowest BCUT2D eigenvalue weighted by Gasteiger charge is -2.17. The van der Waals surface area contributed by atoms with E-state index in [1.807, 2.05) is 35.7 Å². The number of nitrogens with one attached hydrogen (secondary N) is 1. The lowest BCUT2D eigenvalue weighted by atomic mass is 10.0. The van der Waals surface area contributed by atoms with Crippen molar-refractivity contribution < 1.29 is 14.7 Å². The zero-order valence-electron chi connectivity index (χ0n) is 12.5. The van der Waals surface area contributed by atoms with Crippen molar-refractivity contribution in [1.29, 1.82) is 0 Å². The number of rotatable bonds is 8. The number of carboxylic acid groups (broad SMARTS) is 1. The summed E-state index contributed by atoms with van der Waals surface area (Å²) < 4.78 is 0.859. The Morgan fingerprint density at radius 2 is 2.09 bits per heavy atom. The minimum absolute atomic E-state index is 0.118. The quantitative estimate of drug-likeness (QED) is 0.704. The van der Waals surface area contributed by atoms with Gasteiger partial charge < -0.3 is 10.4 Å². The van der Waals surface area contributed by atoms with Crippen LogP contribution in [-0.2, 0) is 16.0 Å². The molecule has 0 saturated heterocycles. The van der Waals surface area contributed by atoms with Crippen LogP contribution in [0.25, 0.3) is 0 Å². The fourth-order valence-electron chi connectivity index (χ4n) is 2.29. The van der Waals surface area contributed by atoms with Crippen LogP contribution in [0.5, 0.6) is 0 Å². The number of carbonyl (C=O) groups is 2. The monoisotopic (exact) mass is 395 g/mol. The van der Waals surface area contributed by atoms with Crippen LogP contribution in [0.15, 0.2) is 46.3 Å². The van der Waals surface area contributed by atoms with Gasteiger partial charge in [-0.05, 0) is 42.0 Å². The van der Waals surface area contributed by atoms with Crippen LogP contribution in [-0.4, -0.2) is 17.0 Å². The molecule has 0 spiro atoms. The van der Waals surface area contributed by atoms with Gasteiger partial charge in [0.25, 0.3) is 0 Å². The third kappa shape index (κ3) is 6.15. The predicted octanol–water partition coefficient (Wildman–Crippen LogP) is 4.17. The number of aryl methyl sites for hydroxylation is 1. The van der Waals surface area contributed by atoms with Crippen molar-refractivity contribution in [2.75, 3.05) is 0 Å². The van der Waals surface area contributed by atoms with Crippen molar-refractivity contribution >= 4 is 39.1 Å². The number of hydrogen-bond donors (Lipinski definition) is 2. The van der Waals surface area contributed by atoms with Crippen molar-refractivity contribution in [3.05, 3.63) is 56.7 Å². The smallest absolute Gasteiger partial charge is 0.305 e. The van der Waals surface area contributed by atoms with Crippen LogP contribution in [0, 0.1) is 0 Å². The molecule has 23 heavy (non-hydrogen) atoms. The Morgan fingerprint density at radius 1 is 1.26 bits per heavy atom. The SMILES string of the molecule is O=C(O)CC(NC(=O)CCCc1cccs1)c1cccc(Br)c1. The summed E-state index contributed by atoms with van der Waals surface area (Å²) in [4.78, 5) is 24.4. The van der Waals surface area contributed by atoms with Gasteiger partial charge in [-0.2, -0.15) is 0 Å². The molecule has 1 aromatic carbocycles.